The van der Waals surface area contributed by atoms with Crippen LogP contribution in [-0.2, 0) is 30.2 Å². The van der Waals surface area contributed by atoms with Crippen molar-refractivity contribution in [1.29, 1.82) is 0 Å². The molecule has 3 aromatic carbocycles. The molecule has 12 heteroatoms. The lowest BCUT2D eigenvalue weighted by Gasteiger charge is -2.11. The molecule has 0 unspecified atom stereocenters. The first-order valence-electron chi connectivity index (χ1n) is 11.7. The molecule has 0 atom stereocenters. The number of aromatic nitrogens is 3. The third-order valence-electron chi connectivity index (χ3n) is 6.07. The Morgan fingerprint density at radius 3 is 2.33 bits per heavy atom. The van der Waals surface area contributed by atoms with Crippen molar-refractivity contribution in [1.82, 2.24) is 19.9 Å². The van der Waals surface area contributed by atoms with Gasteiger partial charge in [0, 0.05) is 18.3 Å². The predicted octanol–water partition coefficient (Wildman–Crippen LogP) is 6.14. The van der Waals surface area contributed by atoms with Gasteiger partial charge in [-0.15, -0.1) is 0 Å². The van der Waals surface area contributed by atoms with Gasteiger partial charge in [-0.1, -0.05) is 54.6 Å². The maximum atomic E-state index is 14.0. The van der Waals surface area contributed by atoms with Crippen LogP contribution in [0.1, 0.15) is 22.5 Å². The highest BCUT2D eigenvalue weighted by Gasteiger charge is 2.39. The van der Waals surface area contributed by atoms with E-state index in [1.807, 2.05) is 0 Å². The first-order chi connectivity index (χ1) is 18.5. The molecule has 0 bridgehead atoms. The molecule has 39 heavy (non-hydrogen) atoms. The normalized spacial score (nSPS) is 12.5. The molecular weight excluding hydrogens is 526 g/mol. The summed E-state index contributed by atoms with van der Waals surface area (Å²) in [5.74, 6) is 0. The van der Waals surface area contributed by atoms with Crippen molar-refractivity contribution >= 4 is 16.4 Å². The second kappa shape index (κ2) is 10.2. The largest absolute Gasteiger partial charge is 0.435 e. The van der Waals surface area contributed by atoms with Gasteiger partial charge in [0.15, 0.2) is 5.69 Å². The van der Waals surface area contributed by atoms with Crippen LogP contribution in [-0.4, -0.2) is 21.3 Å². The Labute approximate surface area is 216 Å². The van der Waals surface area contributed by atoms with Gasteiger partial charge in [0.1, 0.15) is 5.65 Å². The summed E-state index contributed by atoms with van der Waals surface area (Å²) in [6, 6.07) is 17.6. The van der Waals surface area contributed by atoms with Crippen LogP contribution in [0.25, 0.3) is 27.5 Å². The van der Waals surface area contributed by atoms with Crippen molar-refractivity contribution in [2.75, 3.05) is 6.73 Å². The lowest BCUT2D eigenvalue weighted by Crippen LogP contribution is -2.22. The van der Waals surface area contributed by atoms with Gasteiger partial charge in [-0.3, -0.25) is 10.1 Å². The van der Waals surface area contributed by atoms with Crippen molar-refractivity contribution in [2.24, 2.45) is 0 Å². The molecular formula is C27H20F6N4O2. The second-order valence-corrected chi connectivity index (χ2v) is 8.76. The van der Waals surface area contributed by atoms with E-state index in [1.165, 1.54) is 12.1 Å². The number of rotatable bonds is 7. The van der Waals surface area contributed by atoms with Crippen LogP contribution in [0.5, 0.6) is 0 Å². The van der Waals surface area contributed by atoms with Gasteiger partial charge < -0.3 is 9.72 Å². The van der Waals surface area contributed by atoms with E-state index in [2.05, 4.69) is 15.4 Å². The van der Waals surface area contributed by atoms with E-state index in [9.17, 15) is 31.1 Å². The fourth-order valence-corrected chi connectivity index (χ4v) is 4.30. The standard InChI is InChI=1S/C27H20F6N4O2/c28-26(29,30)18-10-8-16(9-11-18)14-39-15-34-13-19-12-22(38)37-25(35-19)23(24(36-37)27(31,32)33)21-7-3-5-17-4-1-2-6-20(17)21/h1-12,34-35H,13-15H2. The van der Waals surface area contributed by atoms with Crippen molar-refractivity contribution in [3.8, 4) is 11.1 Å². The summed E-state index contributed by atoms with van der Waals surface area (Å²) in [5.41, 5.74) is -1.94. The molecule has 2 heterocycles. The molecule has 0 saturated carbocycles. The average Bonchev–Trinajstić information content (AvgIpc) is 3.28. The van der Waals surface area contributed by atoms with Crippen molar-refractivity contribution in [2.45, 2.75) is 25.5 Å². The molecule has 6 nitrogen and oxygen atoms in total. The van der Waals surface area contributed by atoms with Crippen LogP contribution in [0.4, 0.5) is 26.3 Å². The van der Waals surface area contributed by atoms with Gasteiger partial charge in [-0.2, -0.15) is 36.0 Å². The summed E-state index contributed by atoms with van der Waals surface area (Å²) in [6.45, 7) is 0.0429. The smallest absolute Gasteiger partial charge is 0.362 e. The van der Waals surface area contributed by atoms with E-state index in [0.717, 1.165) is 23.6 Å². The zero-order valence-electron chi connectivity index (χ0n) is 20.0. The third-order valence-corrected chi connectivity index (χ3v) is 6.07. The lowest BCUT2D eigenvalue weighted by atomic mass is 9.98. The number of fused-ring (bicyclic) bond motifs is 2. The number of halogens is 6. The molecule has 0 fully saturated rings. The highest BCUT2D eigenvalue weighted by molar-refractivity contribution is 6.00. The fourth-order valence-electron chi connectivity index (χ4n) is 4.30. The number of nitrogens with one attached hydrogen (secondary N) is 2. The minimum atomic E-state index is -4.82. The van der Waals surface area contributed by atoms with E-state index in [0.29, 0.717) is 21.2 Å². The topological polar surface area (TPSA) is 71.4 Å². The molecule has 0 aliphatic carbocycles. The first-order valence-corrected chi connectivity index (χ1v) is 11.7. The molecule has 2 N–H and O–H groups in total. The summed E-state index contributed by atoms with van der Waals surface area (Å²) in [6.07, 6.45) is -9.24. The van der Waals surface area contributed by atoms with Gasteiger partial charge in [0.05, 0.1) is 24.5 Å². The summed E-state index contributed by atoms with van der Waals surface area (Å²) in [4.78, 5) is 15.6. The number of hydrogen-bond acceptors (Lipinski definition) is 4. The highest BCUT2D eigenvalue weighted by Crippen LogP contribution is 2.40. The molecule has 0 spiro atoms. The number of aromatic amines is 1. The Bertz CT molecular complexity index is 1680. The molecule has 0 amide bonds. The molecule has 0 radical (unpaired) electrons. The maximum Gasteiger partial charge on any atom is 0.435 e. The summed E-state index contributed by atoms with van der Waals surface area (Å²) >= 11 is 0. The summed E-state index contributed by atoms with van der Waals surface area (Å²) in [7, 11) is 0. The second-order valence-electron chi connectivity index (χ2n) is 8.76. The Hall–Kier alpha value is -4.16. The zero-order valence-corrected chi connectivity index (χ0v) is 20.0. The van der Waals surface area contributed by atoms with Crippen LogP contribution < -0.4 is 10.9 Å². The van der Waals surface area contributed by atoms with Gasteiger partial charge in [0.25, 0.3) is 5.56 Å². The van der Waals surface area contributed by atoms with Crippen molar-refractivity contribution < 1.29 is 31.1 Å². The van der Waals surface area contributed by atoms with Crippen LogP contribution >= 0.6 is 0 Å². The van der Waals surface area contributed by atoms with Crippen LogP contribution in [0, 0.1) is 0 Å². The maximum absolute atomic E-state index is 14.0. The Morgan fingerprint density at radius 2 is 1.62 bits per heavy atom. The van der Waals surface area contributed by atoms with Gasteiger partial charge in [-0.25, -0.2) is 0 Å². The molecule has 2 aromatic heterocycles. The van der Waals surface area contributed by atoms with Crippen LogP contribution in [0.3, 0.4) is 0 Å². The predicted molar refractivity (Wildman–Crippen MR) is 132 cm³/mol. The minimum absolute atomic E-state index is 0.0303. The quantitative estimate of drug-likeness (QED) is 0.146. The van der Waals surface area contributed by atoms with E-state index >= 15 is 0 Å². The van der Waals surface area contributed by atoms with Crippen LogP contribution in [0.15, 0.2) is 77.6 Å². The molecule has 202 valence electrons. The number of hydrogen-bond donors (Lipinski definition) is 2. The number of nitrogens with zero attached hydrogens (tertiary/aromatic N) is 2. The van der Waals surface area contributed by atoms with Crippen molar-refractivity contribution in [3.05, 3.63) is 106 Å². The van der Waals surface area contributed by atoms with Gasteiger partial charge in [0.2, 0.25) is 0 Å². The van der Waals surface area contributed by atoms with E-state index < -0.39 is 29.2 Å². The Kier molecular flexibility index (Phi) is 6.91. The first kappa shape index (κ1) is 26.4. The Balaban J connectivity index is 1.38. The lowest BCUT2D eigenvalue weighted by molar-refractivity contribution is -0.141. The minimum Gasteiger partial charge on any atom is -0.362 e. The SMILES string of the molecule is O=c1cc(CNCOCc2ccc(C(F)(F)F)cc2)[nH]c2c(-c3cccc4ccccc34)c(C(F)(F)F)nn12. The molecule has 5 aromatic rings. The molecule has 0 aliphatic rings. The average molecular weight is 546 g/mol. The fraction of sp³-hybridized carbons (Fsp3) is 0.185. The molecule has 5 rings (SSSR count). The molecule has 0 saturated heterocycles. The number of alkyl halides is 6. The number of ether oxygens (including phenoxy) is 1. The van der Waals surface area contributed by atoms with E-state index in [4.69, 9.17) is 4.74 Å². The number of benzene rings is 3. The summed E-state index contributed by atoms with van der Waals surface area (Å²) in [5, 5.41) is 7.81. The zero-order chi connectivity index (χ0) is 27.8. The van der Waals surface area contributed by atoms with Crippen molar-refractivity contribution in [3.63, 3.8) is 0 Å². The number of H-pyrrole nitrogens is 1. The van der Waals surface area contributed by atoms with Gasteiger partial charge in [-0.05, 0) is 34.0 Å². The monoisotopic (exact) mass is 546 g/mol. The van der Waals surface area contributed by atoms with Crippen LogP contribution in [0.2, 0.25) is 0 Å². The Morgan fingerprint density at radius 1 is 0.897 bits per heavy atom. The van der Waals surface area contributed by atoms with E-state index in [-0.39, 0.29) is 36.7 Å². The van der Waals surface area contributed by atoms with Gasteiger partial charge >= 0.3 is 12.4 Å². The summed E-state index contributed by atoms with van der Waals surface area (Å²) < 4.78 is 86.3. The van der Waals surface area contributed by atoms with E-state index in [1.54, 1.807) is 42.5 Å². The highest BCUT2D eigenvalue weighted by atomic mass is 19.4. The molecule has 0 aliphatic heterocycles. The third kappa shape index (κ3) is 5.52.